The number of benzene rings is 1. The summed E-state index contributed by atoms with van der Waals surface area (Å²) in [7, 11) is 1.52. The SMILES string of the molecule is COc1c(Cl)cc(-c2cc(C(=O)O)no2)cc1OCC1CC1. The van der Waals surface area contributed by atoms with Crippen LogP contribution in [0.2, 0.25) is 5.02 Å². The summed E-state index contributed by atoms with van der Waals surface area (Å²) in [6.07, 6.45) is 2.33. The van der Waals surface area contributed by atoms with Crippen LogP contribution in [0, 0.1) is 5.92 Å². The van der Waals surface area contributed by atoms with Crippen LogP contribution in [0.3, 0.4) is 0 Å². The van der Waals surface area contributed by atoms with Gasteiger partial charge in [-0.2, -0.15) is 0 Å². The lowest BCUT2D eigenvalue weighted by Gasteiger charge is -2.13. The van der Waals surface area contributed by atoms with Crippen molar-refractivity contribution in [1.82, 2.24) is 5.16 Å². The quantitative estimate of drug-likeness (QED) is 0.876. The van der Waals surface area contributed by atoms with Gasteiger partial charge >= 0.3 is 5.97 Å². The fourth-order valence-corrected chi connectivity index (χ4v) is 2.31. The summed E-state index contributed by atoms with van der Waals surface area (Å²) in [5, 5.41) is 12.7. The van der Waals surface area contributed by atoms with Gasteiger partial charge in [0.15, 0.2) is 23.0 Å². The topological polar surface area (TPSA) is 81.8 Å². The predicted octanol–water partition coefficient (Wildman–Crippen LogP) is 3.49. The van der Waals surface area contributed by atoms with Gasteiger partial charge in [0.1, 0.15) is 0 Å². The van der Waals surface area contributed by atoms with Gasteiger partial charge in [-0.3, -0.25) is 0 Å². The Kier molecular flexibility index (Phi) is 3.94. The Morgan fingerprint density at radius 1 is 1.45 bits per heavy atom. The van der Waals surface area contributed by atoms with E-state index in [1.807, 2.05) is 0 Å². The zero-order valence-corrected chi connectivity index (χ0v) is 12.6. The monoisotopic (exact) mass is 323 g/mol. The molecule has 7 heteroatoms. The highest BCUT2D eigenvalue weighted by atomic mass is 35.5. The molecule has 0 atom stereocenters. The van der Waals surface area contributed by atoms with Gasteiger partial charge in [-0.25, -0.2) is 4.79 Å². The first kappa shape index (κ1) is 14.7. The molecule has 1 aliphatic rings. The fraction of sp³-hybridized carbons (Fsp3) is 0.333. The molecule has 0 spiro atoms. The number of nitrogens with zero attached hydrogens (tertiary/aromatic N) is 1. The van der Waals surface area contributed by atoms with Crippen molar-refractivity contribution in [2.24, 2.45) is 5.92 Å². The van der Waals surface area contributed by atoms with Crippen molar-refractivity contribution in [2.75, 3.05) is 13.7 Å². The van der Waals surface area contributed by atoms with Gasteiger partial charge in [0, 0.05) is 11.6 Å². The predicted molar refractivity (Wildman–Crippen MR) is 78.7 cm³/mol. The van der Waals surface area contributed by atoms with Gasteiger partial charge in [0.25, 0.3) is 0 Å². The maximum absolute atomic E-state index is 10.9. The minimum atomic E-state index is -1.15. The van der Waals surface area contributed by atoms with Gasteiger partial charge in [-0.1, -0.05) is 16.8 Å². The number of hydrogen-bond acceptors (Lipinski definition) is 5. The Morgan fingerprint density at radius 3 is 2.82 bits per heavy atom. The van der Waals surface area contributed by atoms with E-state index in [1.165, 1.54) is 26.0 Å². The van der Waals surface area contributed by atoms with Crippen molar-refractivity contribution in [2.45, 2.75) is 12.8 Å². The van der Waals surface area contributed by atoms with E-state index < -0.39 is 5.97 Å². The number of ether oxygens (including phenoxy) is 2. The molecule has 1 aromatic heterocycles. The van der Waals surface area contributed by atoms with Crippen molar-refractivity contribution in [3.8, 4) is 22.8 Å². The van der Waals surface area contributed by atoms with Crippen LogP contribution in [0.15, 0.2) is 22.7 Å². The molecular weight excluding hydrogens is 310 g/mol. The van der Waals surface area contributed by atoms with Crippen LogP contribution < -0.4 is 9.47 Å². The minimum absolute atomic E-state index is 0.164. The highest BCUT2D eigenvalue weighted by molar-refractivity contribution is 6.32. The van der Waals surface area contributed by atoms with E-state index in [9.17, 15) is 4.79 Å². The maximum atomic E-state index is 10.9. The highest BCUT2D eigenvalue weighted by Gasteiger charge is 2.24. The molecule has 1 fully saturated rings. The van der Waals surface area contributed by atoms with Crippen LogP contribution in [0.4, 0.5) is 0 Å². The van der Waals surface area contributed by atoms with Crippen molar-refractivity contribution in [3.05, 3.63) is 28.9 Å². The van der Waals surface area contributed by atoms with Crippen molar-refractivity contribution in [1.29, 1.82) is 0 Å². The lowest BCUT2D eigenvalue weighted by molar-refractivity contribution is 0.0686. The Bertz CT molecular complexity index is 708. The third kappa shape index (κ3) is 3.01. The second kappa shape index (κ2) is 5.88. The summed E-state index contributed by atoms with van der Waals surface area (Å²) < 4.78 is 16.1. The molecule has 0 saturated heterocycles. The summed E-state index contributed by atoms with van der Waals surface area (Å²) in [4.78, 5) is 10.9. The number of methoxy groups -OCH3 is 1. The first-order valence-corrected chi connectivity index (χ1v) is 7.17. The van der Waals surface area contributed by atoms with Crippen LogP contribution in [0.5, 0.6) is 11.5 Å². The fourth-order valence-electron chi connectivity index (χ4n) is 2.02. The molecule has 2 aromatic rings. The van der Waals surface area contributed by atoms with Gasteiger partial charge in [-0.05, 0) is 30.9 Å². The number of carbonyl (C=O) groups is 1. The number of hydrogen-bond donors (Lipinski definition) is 1. The average Bonchev–Trinajstić information content (AvgIpc) is 3.18. The Morgan fingerprint density at radius 2 is 2.23 bits per heavy atom. The average molecular weight is 324 g/mol. The molecule has 0 unspecified atom stereocenters. The number of halogens is 1. The summed E-state index contributed by atoms with van der Waals surface area (Å²) in [6.45, 7) is 0.604. The van der Waals surface area contributed by atoms with Crippen LogP contribution in [0.1, 0.15) is 23.3 Å². The van der Waals surface area contributed by atoms with Crippen molar-refractivity contribution in [3.63, 3.8) is 0 Å². The number of aromatic carboxylic acids is 1. The van der Waals surface area contributed by atoms with E-state index in [1.54, 1.807) is 12.1 Å². The molecular formula is C15H14ClNO5. The molecule has 1 aromatic carbocycles. The van der Waals surface area contributed by atoms with Crippen LogP contribution in [-0.2, 0) is 0 Å². The molecule has 0 bridgehead atoms. The molecule has 1 N–H and O–H groups in total. The zero-order valence-electron chi connectivity index (χ0n) is 11.8. The second-order valence-electron chi connectivity index (χ2n) is 5.13. The Balaban J connectivity index is 1.94. The Labute approximate surface area is 131 Å². The van der Waals surface area contributed by atoms with Gasteiger partial charge in [-0.15, -0.1) is 0 Å². The molecule has 6 nitrogen and oxygen atoms in total. The molecule has 0 radical (unpaired) electrons. The first-order valence-electron chi connectivity index (χ1n) is 6.79. The van der Waals surface area contributed by atoms with Crippen LogP contribution >= 0.6 is 11.6 Å². The lowest BCUT2D eigenvalue weighted by atomic mass is 10.1. The van der Waals surface area contributed by atoms with Crippen molar-refractivity contribution >= 4 is 17.6 Å². The zero-order chi connectivity index (χ0) is 15.7. The summed E-state index contributed by atoms with van der Waals surface area (Å²) in [6, 6.07) is 4.67. The number of carboxylic acids is 1. The molecule has 0 amide bonds. The van der Waals surface area contributed by atoms with Crippen LogP contribution in [-0.4, -0.2) is 29.9 Å². The second-order valence-corrected chi connectivity index (χ2v) is 5.53. The maximum Gasteiger partial charge on any atom is 0.358 e. The molecule has 0 aliphatic heterocycles. The molecule has 1 heterocycles. The van der Waals surface area contributed by atoms with Gasteiger partial charge < -0.3 is 19.1 Å². The van der Waals surface area contributed by atoms with Gasteiger partial charge in [0.2, 0.25) is 0 Å². The standard InChI is InChI=1S/C15H14ClNO5/c1-20-14-10(16)4-9(5-13(14)21-7-8-2-3-8)12-6-11(15(18)19)17-22-12/h4-6,8H,2-3,7H2,1H3,(H,18,19). The van der Waals surface area contributed by atoms with E-state index >= 15 is 0 Å². The largest absolute Gasteiger partial charge is 0.491 e. The normalized spacial score (nSPS) is 13.9. The van der Waals surface area contributed by atoms with E-state index in [0.717, 1.165) is 0 Å². The third-order valence-corrected chi connectivity index (χ3v) is 3.68. The smallest absolute Gasteiger partial charge is 0.358 e. The number of rotatable bonds is 6. The third-order valence-electron chi connectivity index (χ3n) is 3.40. The van der Waals surface area contributed by atoms with E-state index in [-0.39, 0.29) is 5.69 Å². The summed E-state index contributed by atoms with van der Waals surface area (Å²) in [5.74, 6) is 0.684. The first-order chi connectivity index (χ1) is 10.6. The highest BCUT2D eigenvalue weighted by Crippen LogP contribution is 2.40. The number of aromatic nitrogens is 1. The molecule has 3 rings (SSSR count). The Hall–Kier alpha value is -2.21. The van der Waals surface area contributed by atoms with E-state index in [0.29, 0.717) is 40.4 Å². The van der Waals surface area contributed by atoms with Crippen molar-refractivity contribution < 1.29 is 23.9 Å². The number of carboxylic acid groups (broad SMARTS) is 1. The van der Waals surface area contributed by atoms with E-state index in [2.05, 4.69) is 5.16 Å². The molecule has 1 saturated carbocycles. The molecule has 22 heavy (non-hydrogen) atoms. The minimum Gasteiger partial charge on any atom is -0.491 e. The van der Waals surface area contributed by atoms with Gasteiger partial charge in [0.05, 0.1) is 18.7 Å². The summed E-state index contributed by atoms with van der Waals surface area (Å²) >= 11 is 6.20. The summed E-state index contributed by atoms with van der Waals surface area (Å²) in [5.41, 5.74) is 0.416. The lowest BCUT2D eigenvalue weighted by Crippen LogP contribution is -2.01. The molecule has 1 aliphatic carbocycles. The van der Waals surface area contributed by atoms with Crippen LogP contribution in [0.25, 0.3) is 11.3 Å². The molecule has 116 valence electrons. The van der Waals surface area contributed by atoms with E-state index in [4.69, 9.17) is 30.7 Å².